The Bertz CT molecular complexity index is 2180. The predicted molar refractivity (Wildman–Crippen MR) is 213 cm³/mol. The van der Waals surface area contributed by atoms with Crippen molar-refractivity contribution in [1.29, 1.82) is 0 Å². The third-order valence-electron chi connectivity index (χ3n) is 11.0. The van der Waals surface area contributed by atoms with Gasteiger partial charge in [0.1, 0.15) is 23.2 Å². The summed E-state index contributed by atoms with van der Waals surface area (Å²) in [7, 11) is 4.95. The van der Waals surface area contributed by atoms with Gasteiger partial charge in [-0.05, 0) is 84.9 Å². The number of methoxy groups -OCH3 is 1. The number of anilines is 1. The Kier molecular flexibility index (Phi) is 12.6. The molecule has 4 aromatic rings. The fourth-order valence-electron chi connectivity index (χ4n) is 7.89. The fraction of sp³-hybridized carbons (Fsp3) is 0.415. The number of hydrogen-bond acceptors (Lipinski definition) is 8. The zero-order chi connectivity index (χ0) is 40.1. The fourth-order valence-corrected chi connectivity index (χ4v) is 8.18. The van der Waals surface area contributed by atoms with Crippen molar-refractivity contribution < 1.29 is 28.3 Å². The minimum atomic E-state index is -0.658. The summed E-state index contributed by atoms with van der Waals surface area (Å²) in [5.74, 6) is -0.849. The van der Waals surface area contributed by atoms with Crippen LogP contribution in [0.4, 0.5) is 14.9 Å². The summed E-state index contributed by atoms with van der Waals surface area (Å²) in [5.41, 5.74) is 2.55. The number of aryl methyl sites for hydroxylation is 1. The zero-order valence-corrected chi connectivity index (χ0v) is 32.8. The Morgan fingerprint density at radius 1 is 1.05 bits per heavy atom. The average molecular weight is 788 g/mol. The van der Waals surface area contributed by atoms with Gasteiger partial charge in [-0.1, -0.05) is 31.0 Å². The van der Waals surface area contributed by atoms with E-state index in [2.05, 4.69) is 15.6 Å². The second-order valence-electron chi connectivity index (χ2n) is 14.4. The van der Waals surface area contributed by atoms with Crippen LogP contribution in [-0.2, 0) is 16.6 Å². The maximum absolute atomic E-state index is 15.3. The zero-order valence-electron chi connectivity index (χ0n) is 32.0. The molecule has 2 N–H and O–H groups in total. The van der Waals surface area contributed by atoms with E-state index in [0.717, 1.165) is 5.56 Å². The van der Waals surface area contributed by atoms with Crippen LogP contribution in [0.3, 0.4) is 0 Å². The highest BCUT2D eigenvalue weighted by Crippen LogP contribution is 2.37. The van der Waals surface area contributed by atoms with Crippen LogP contribution in [0.25, 0.3) is 21.9 Å². The van der Waals surface area contributed by atoms with E-state index in [-0.39, 0.29) is 45.9 Å². The van der Waals surface area contributed by atoms with Crippen LogP contribution in [-0.4, -0.2) is 101 Å². The van der Waals surface area contributed by atoms with E-state index >= 15 is 4.39 Å². The summed E-state index contributed by atoms with van der Waals surface area (Å²) in [5, 5.41) is 6.59. The van der Waals surface area contributed by atoms with Crippen LogP contribution in [0, 0.1) is 5.82 Å². The molecule has 0 bridgehead atoms. The van der Waals surface area contributed by atoms with Crippen molar-refractivity contribution in [1.82, 2.24) is 29.6 Å². The third kappa shape index (κ3) is 8.35. The van der Waals surface area contributed by atoms with Crippen molar-refractivity contribution in [2.75, 3.05) is 45.7 Å². The summed E-state index contributed by atoms with van der Waals surface area (Å²) in [6.45, 7) is 3.73. The number of urea groups is 1. The Hall–Kier alpha value is -5.50. The molecule has 0 radical (unpaired) electrons. The van der Waals surface area contributed by atoms with E-state index in [0.29, 0.717) is 104 Å². The van der Waals surface area contributed by atoms with Gasteiger partial charge in [0, 0.05) is 76.2 Å². The normalized spacial score (nSPS) is 15.7. The van der Waals surface area contributed by atoms with Gasteiger partial charge in [0.2, 0.25) is 12.3 Å². The standard InChI is InChI=1S/C41H47ClFN7O6/c1-5-6-35(38(52)45-24-51)46-27-7-8-29(34(43)21-27)25-10-15-50(16-11-25)41(55)48(3)28-12-17-49(18-13-28)40(54)37-33(42)19-26(20-36(37)56-4)32-23-47(2)39(53)31-22-44-14-9-30(31)32/h7-9,14,19-25,28,35,46H,5-6,10-13,15-18H2,1-4H3,(H,45,51,52). The van der Waals surface area contributed by atoms with Gasteiger partial charge < -0.3 is 29.3 Å². The van der Waals surface area contributed by atoms with E-state index in [1.807, 2.05) is 6.92 Å². The number of amides is 5. The number of carbonyl (C=O) groups is 4. The number of fused-ring (bicyclic) bond motifs is 1. The van der Waals surface area contributed by atoms with Crippen molar-refractivity contribution in [3.05, 3.63) is 87.3 Å². The number of rotatable bonds is 11. The van der Waals surface area contributed by atoms with Gasteiger partial charge >= 0.3 is 6.03 Å². The second-order valence-corrected chi connectivity index (χ2v) is 14.8. The van der Waals surface area contributed by atoms with E-state index in [4.69, 9.17) is 16.3 Å². The number of likely N-dealkylation sites (tertiary alicyclic amines) is 2. The summed E-state index contributed by atoms with van der Waals surface area (Å²) >= 11 is 6.81. The Balaban J connectivity index is 1.04. The molecule has 5 amide bonds. The molecule has 0 spiro atoms. The summed E-state index contributed by atoms with van der Waals surface area (Å²) in [4.78, 5) is 72.6. The maximum Gasteiger partial charge on any atom is 0.319 e. The molecule has 296 valence electrons. The number of nitrogens with zero attached hydrogens (tertiary/aromatic N) is 5. The first kappa shape index (κ1) is 40.2. The van der Waals surface area contributed by atoms with Crippen LogP contribution in [0.2, 0.25) is 5.02 Å². The molecule has 1 unspecified atom stereocenters. The minimum Gasteiger partial charge on any atom is -0.496 e. The average Bonchev–Trinajstić information content (AvgIpc) is 3.21. The number of nitrogens with one attached hydrogen (secondary N) is 2. The molecule has 6 rings (SSSR count). The van der Waals surface area contributed by atoms with Crippen molar-refractivity contribution in [3.63, 3.8) is 0 Å². The Labute approximate surface area is 329 Å². The monoisotopic (exact) mass is 787 g/mol. The number of pyridine rings is 2. The molecule has 15 heteroatoms. The number of halogens is 2. The van der Waals surface area contributed by atoms with Crippen molar-refractivity contribution >= 4 is 52.3 Å². The molecule has 2 aromatic heterocycles. The number of hydrogen-bond donors (Lipinski definition) is 2. The topological polar surface area (TPSA) is 146 Å². The molecule has 0 saturated carbocycles. The number of ether oxygens (including phenoxy) is 1. The van der Waals surface area contributed by atoms with Crippen molar-refractivity contribution in [2.45, 2.75) is 63.5 Å². The van der Waals surface area contributed by atoms with Gasteiger partial charge in [0.15, 0.2) is 0 Å². The molecular formula is C41H47ClFN7O6. The second kappa shape index (κ2) is 17.5. The number of imide groups is 1. The van der Waals surface area contributed by atoms with E-state index in [9.17, 15) is 24.0 Å². The van der Waals surface area contributed by atoms with Gasteiger partial charge in [0.25, 0.3) is 11.5 Å². The van der Waals surface area contributed by atoms with Crippen LogP contribution in [0.15, 0.2) is 59.8 Å². The molecule has 2 fully saturated rings. The van der Waals surface area contributed by atoms with Crippen LogP contribution < -0.4 is 20.9 Å². The molecule has 2 aliphatic heterocycles. The first-order valence-corrected chi connectivity index (χ1v) is 19.3. The molecular weight excluding hydrogens is 741 g/mol. The lowest BCUT2D eigenvalue weighted by Gasteiger charge is -2.40. The smallest absolute Gasteiger partial charge is 0.319 e. The maximum atomic E-state index is 15.3. The van der Waals surface area contributed by atoms with Crippen molar-refractivity contribution in [3.8, 4) is 16.9 Å². The first-order valence-electron chi connectivity index (χ1n) is 18.9. The highest BCUT2D eigenvalue weighted by molar-refractivity contribution is 6.34. The Morgan fingerprint density at radius 3 is 2.43 bits per heavy atom. The number of benzene rings is 2. The highest BCUT2D eigenvalue weighted by Gasteiger charge is 2.34. The molecule has 2 saturated heterocycles. The lowest BCUT2D eigenvalue weighted by atomic mass is 9.89. The molecule has 4 heterocycles. The molecule has 0 aliphatic carbocycles. The summed E-state index contributed by atoms with van der Waals surface area (Å²) < 4.78 is 22.5. The lowest BCUT2D eigenvalue weighted by Crippen LogP contribution is -2.52. The summed E-state index contributed by atoms with van der Waals surface area (Å²) in [6, 6.07) is 9.27. The Morgan fingerprint density at radius 2 is 1.77 bits per heavy atom. The minimum absolute atomic E-state index is 0.0617. The van der Waals surface area contributed by atoms with Gasteiger partial charge in [0.05, 0.1) is 17.5 Å². The van der Waals surface area contributed by atoms with Gasteiger partial charge in [-0.2, -0.15) is 0 Å². The quantitative estimate of drug-likeness (QED) is 0.182. The molecule has 1 atom stereocenters. The molecule has 56 heavy (non-hydrogen) atoms. The van der Waals surface area contributed by atoms with Crippen LogP contribution in [0.5, 0.6) is 5.75 Å². The lowest BCUT2D eigenvalue weighted by molar-refractivity contribution is -0.125. The van der Waals surface area contributed by atoms with Crippen molar-refractivity contribution in [2.24, 2.45) is 7.05 Å². The SMILES string of the molecule is CCCC(Nc1ccc(C2CCN(C(=O)N(C)C3CCN(C(=O)c4c(Cl)cc(-c5cn(C)c(=O)c6cnccc56)cc4OC)CC3)CC2)c(F)c1)C(=O)NC=O. The number of piperidine rings is 2. The van der Waals surface area contributed by atoms with E-state index < -0.39 is 11.9 Å². The summed E-state index contributed by atoms with van der Waals surface area (Å²) in [6.07, 6.45) is 8.79. The molecule has 2 aromatic carbocycles. The first-order chi connectivity index (χ1) is 26.9. The van der Waals surface area contributed by atoms with E-state index in [1.165, 1.54) is 23.9 Å². The van der Waals surface area contributed by atoms with Gasteiger partial charge in [-0.3, -0.25) is 29.5 Å². The van der Waals surface area contributed by atoms with E-state index in [1.54, 1.807) is 71.5 Å². The van der Waals surface area contributed by atoms with Crippen LogP contribution in [0.1, 0.15) is 67.3 Å². The highest BCUT2D eigenvalue weighted by atomic mass is 35.5. The molecule has 13 nitrogen and oxygen atoms in total. The van der Waals surface area contributed by atoms with Crippen LogP contribution >= 0.6 is 11.6 Å². The third-order valence-corrected chi connectivity index (χ3v) is 11.3. The van der Waals surface area contributed by atoms with Gasteiger partial charge in [-0.25, -0.2) is 9.18 Å². The molecule has 2 aliphatic rings. The number of carbonyl (C=O) groups excluding carboxylic acids is 4. The number of aromatic nitrogens is 2. The largest absolute Gasteiger partial charge is 0.496 e. The van der Waals surface area contributed by atoms with Gasteiger partial charge in [-0.15, -0.1) is 0 Å². The predicted octanol–water partition coefficient (Wildman–Crippen LogP) is 5.79.